The van der Waals surface area contributed by atoms with Crippen LogP contribution in [-0.4, -0.2) is 6.29 Å². The van der Waals surface area contributed by atoms with Crippen molar-refractivity contribution < 1.29 is 4.79 Å². The fraction of sp³-hybridized carbons (Fsp3) is 0.727. The minimum atomic E-state index is 0.300. The first-order chi connectivity index (χ1) is 5.74. The summed E-state index contributed by atoms with van der Waals surface area (Å²) >= 11 is 0. The van der Waals surface area contributed by atoms with Crippen molar-refractivity contribution in [2.45, 2.75) is 39.5 Å². The predicted octanol–water partition coefficient (Wildman–Crippen LogP) is 2.96. The third-order valence-electron chi connectivity index (χ3n) is 2.89. The van der Waals surface area contributed by atoms with Crippen LogP contribution in [0.5, 0.6) is 0 Å². The minimum Gasteiger partial charge on any atom is -0.303 e. The molecular formula is C11H18O. The number of hydrogen-bond donors (Lipinski definition) is 0. The molecule has 0 N–H and O–H groups in total. The van der Waals surface area contributed by atoms with Crippen LogP contribution < -0.4 is 0 Å². The van der Waals surface area contributed by atoms with Crippen LogP contribution in [0.3, 0.4) is 0 Å². The fourth-order valence-electron chi connectivity index (χ4n) is 1.79. The second-order valence-corrected chi connectivity index (χ2v) is 3.94. The van der Waals surface area contributed by atoms with Gasteiger partial charge in [0.15, 0.2) is 0 Å². The average Bonchev–Trinajstić information content (AvgIpc) is 2.03. The third kappa shape index (κ3) is 2.47. The third-order valence-corrected chi connectivity index (χ3v) is 2.89. The first kappa shape index (κ1) is 9.50. The lowest BCUT2D eigenvalue weighted by atomic mass is 9.84. The Morgan fingerprint density at radius 1 is 1.50 bits per heavy atom. The molecule has 0 aromatic heterocycles. The number of hydrogen-bond acceptors (Lipinski definition) is 1. The highest BCUT2D eigenvalue weighted by Gasteiger charge is 2.17. The van der Waals surface area contributed by atoms with Gasteiger partial charge in [0, 0.05) is 5.92 Å². The highest BCUT2D eigenvalue weighted by atomic mass is 16.1. The molecule has 1 rings (SSSR count). The molecule has 0 bridgehead atoms. The smallest absolute Gasteiger partial charge is 0.123 e. The summed E-state index contributed by atoms with van der Waals surface area (Å²) in [5, 5.41) is 0. The second-order valence-electron chi connectivity index (χ2n) is 3.94. The second kappa shape index (κ2) is 4.44. The molecule has 0 saturated heterocycles. The average molecular weight is 166 g/mol. The summed E-state index contributed by atoms with van der Waals surface area (Å²) in [5.74, 6) is 0.875. The van der Waals surface area contributed by atoms with E-state index in [0.29, 0.717) is 11.8 Å². The molecule has 1 heteroatoms. The van der Waals surface area contributed by atoms with Gasteiger partial charge >= 0.3 is 0 Å². The van der Waals surface area contributed by atoms with Crippen molar-refractivity contribution in [1.82, 2.24) is 0 Å². The Kier molecular flexibility index (Phi) is 3.51. The molecular weight excluding hydrogens is 148 g/mol. The molecule has 0 amide bonds. The van der Waals surface area contributed by atoms with Gasteiger partial charge in [0.25, 0.3) is 0 Å². The molecule has 0 fully saturated rings. The van der Waals surface area contributed by atoms with E-state index >= 15 is 0 Å². The zero-order valence-corrected chi connectivity index (χ0v) is 8.05. The van der Waals surface area contributed by atoms with E-state index in [0.717, 1.165) is 25.5 Å². The summed E-state index contributed by atoms with van der Waals surface area (Å²) in [6.45, 7) is 4.35. The van der Waals surface area contributed by atoms with Crippen LogP contribution in [-0.2, 0) is 4.79 Å². The molecule has 0 aromatic rings. The molecule has 1 nitrogen and oxygen atoms in total. The molecule has 0 heterocycles. The van der Waals surface area contributed by atoms with Gasteiger partial charge in [-0.15, -0.1) is 0 Å². The Bertz CT molecular complexity index is 181. The maximum atomic E-state index is 10.7. The SMILES string of the molecule is C/C1=C/CCC(C)C(C=O)CC1. The normalized spacial score (nSPS) is 36.0. The highest BCUT2D eigenvalue weighted by molar-refractivity contribution is 5.54. The van der Waals surface area contributed by atoms with E-state index in [1.54, 1.807) is 0 Å². The van der Waals surface area contributed by atoms with Crippen LogP contribution >= 0.6 is 0 Å². The fourth-order valence-corrected chi connectivity index (χ4v) is 1.79. The molecule has 0 radical (unpaired) electrons. The lowest BCUT2D eigenvalue weighted by Crippen LogP contribution is -2.14. The largest absolute Gasteiger partial charge is 0.303 e. The van der Waals surface area contributed by atoms with Crippen molar-refractivity contribution in [2.24, 2.45) is 11.8 Å². The molecule has 68 valence electrons. The number of aldehydes is 1. The molecule has 0 spiro atoms. The van der Waals surface area contributed by atoms with Crippen LogP contribution in [0.4, 0.5) is 0 Å². The van der Waals surface area contributed by atoms with Gasteiger partial charge in [0.05, 0.1) is 0 Å². The molecule has 0 aromatic carbocycles. The Morgan fingerprint density at radius 3 is 2.92 bits per heavy atom. The zero-order valence-electron chi connectivity index (χ0n) is 8.05. The van der Waals surface area contributed by atoms with Gasteiger partial charge in [0.2, 0.25) is 0 Å². The Balaban J connectivity index is 2.57. The summed E-state index contributed by atoms with van der Waals surface area (Å²) in [7, 11) is 0. The Morgan fingerprint density at radius 2 is 2.25 bits per heavy atom. The number of allylic oxidation sites excluding steroid dienone is 2. The van der Waals surface area contributed by atoms with Gasteiger partial charge in [-0.2, -0.15) is 0 Å². The van der Waals surface area contributed by atoms with Crippen LogP contribution in [0, 0.1) is 11.8 Å². The van der Waals surface area contributed by atoms with Crippen LogP contribution in [0.1, 0.15) is 39.5 Å². The van der Waals surface area contributed by atoms with E-state index in [9.17, 15) is 4.79 Å². The van der Waals surface area contributed by atoms with E-state index in [1.165, 1.54) is 12.0 Å². The van der Waals surface area contributed by atoms with Crippen LogP contribution in [0.2, 0.25) is 0 Å². The van der Waals surface area contributed by atoms with Gasteiger partial charge in [-0.1, -0.05) is 18.6 Å². The summed E-state index contributed by atoms with van der Waals surface area (Å²) in [6, 6.07) is 0. The van der Waals surface area contributed by atoms with Crippen molar-refractivity contribution in [2.75, 3.05) is 0 Å². The van der Waals surface area contributed by atoms with Gasteiger partial charge in [0.1, 0.15) is 6.29 Å². The molecule has 2 unspecified atom stereocenters. The molecule has 1 aliphatic carbocycles. The molecule has 12 heavy (non-hydrogen) atoms. The summed E-state index contributed by atoms with van der Waals surface area (Å²) in [6.07, 6.45) is 7.93. The van der Waals surface area contributed by atoms with Crippen LogP contribution in [0.25, 0.3) is 0 Å². The highest BCUT2D eigenvalue weighted by Crippen LogP contribution is 2.25. The van der Waals surface area contributed by atoms with E-state index < -0.39 is 0 Å². The maximum absolute atomic E-state index is 10.7. The standard InChI is InChI=1S/C11H18O/c1-9-4-3-5-10(2)11(8-12)7-6-9/h4,8,10-11H,3,5-7H2,1-2H3/b9-4-. The van der Waals surface area contributed by atoms with Gasteiger partial charge in [-0.3, -0.25) is 0 Å². The summed E-state index contributed by atoms with van der Waals surface area (Å²) in [4.78, 5) is 10.7. The van der Waals surface area contributed by atoms with Crippen molar-refractivity contribution in [3.05, 3.63) is 11.6 Å². The summed E-state index contributed by atoms with van der Waals surface area (Å²) in [5.41, 5.74) is 1.45. The topological polar surface area (TPSA) is 17.1 Å². The van der Waals surface area contributed by atoms with E-state index in [-0.39, 0.29) is 0 Å². The first-order valence-electron chi connectivity index (χ1n) is 4.85. The molecule has 1 aliphatic rings. The lowest BCUT2D eigenvalue weighted by Gasteiger charge is -2.20. The molecule has 0 aliphatic heterocycles. The Hall–Kier alpha value is -0.590. The van der Waals surface area contributed by atoms with Crippen molar-refractivity contribution in [1.29, 1.82) is 0 Å². The zero-order chi connectivity index (χ0) is 8.97. The van der Waals surface area contributed by atoms with E-state index in [1.807, 2.05) is 0 Å². The molecule has 2 atom stereocenters. The Labute approximate surface area is 74.9 Å². The number of rotatable bonds is 1. The predicted molar refractivity (Wildman–Crippen MR) is 50.9 cm³/mol. The van der Waals surface area contributed by atoms with Crippen molar-refractivity contribution in [3.63, 3.8) is 0 Å². The quantitative estimate of drug-likeness (QED) is 0.432. The first-order valence-corrected chi connectivity index (χ1v) is 4.85. The minimum absolute atomic E-state index is 0.300. The van der Waals surface area contributed by atoms with Gasteiger partial charge in [-0.25, -0.2) is 0 Å². The van der Waals surface area contributed by atoms with Gasteiger partial charge < -0.3 is 4.79 Å². The monoisotopic (exact) mass is 166 g/mol. The van der Waals surface area contributed by atoms with E-state index in [2.05, 4.69) is 19.9 Å². The maximum Gasteiger partial charge on any atom is 0.123 e. The number of carbonyl (C=O) groups is 1. The molecule has 0 saturated carbocycles. The lowest BCUT2D eigenvalue weighted by molar-refractivity contribution is -0.112. The number of carbonyl (C=O) groups excluding carboxylic acids is 1. The van der Waals surface area contributed by atoms with Gasteiger partial charge in [-0.05, 0) is 38.5 Å². The van der Waals surface area contributed by atoms with Crippen molar-refractivity contribution in [3.8, 4) is 0 Å². The summed E-state index contributed by atoms with van der Waals surface area (Å²) < 4.78 is 0. The van der Waals surface area contributed by atoms with E-state index in [4.69, 9.17) is 0 Å². The van der Waals surface area contributed by atoms with Crippen LogP contribution in [0.15, 0.2) is 11.6 Å². The van der Waals surface area contributed by atoms with Crippen molar-refractivity contribution >= 4 is 6.29 Å².